The van der Waals surface area contributed by atoms with Gasteiger partial charge in [0.05, 0.1) is 19.8 Å². The summed E-state index contributed by atoms with van der Waals surface area (Å²) in [5, 5.41) is 19.3. The van der Waals surface area contributed by atoms with E-state index in [2.05, 4.69) is 10.1 Å². The zero-order chi connectivity index (χ0) is 10.3. The molecule has 13 heavy (non-hydrogen) atoms. The maximum absolute atomic E-state index is 10.7. The van der Waals surface area contributed by atoms with Crippen LogP contribution in [0.4, 0.5) is 0 Å². The summed E-state index contributed by atoms with van der Waals surface area (Å²) in [5.41, 5.74) is 0. The van der Waals surface area contributed by atoms with Gasteiger partial charge in [-0.25, -0.2) is 0 Å². The average Bonchev–Trinajstić information content (AvgIpc) is 2.05. The van der Waals surface area contributed by atoms with E-state index in [1.807, 2.05) is 0 Å². The summed E-state index contributed by atoms with van der Waals surface area (Å²) in [7, 11) is 0. The van der Waals surface area contributed by atoms with Crippen LogP contribution < -0.4 is 5.32 Å². The lowest BCUT2D eigenvalue weighted by Crippen LogP contribution is -2.42. The molecule has 0 radical (unpaired) electrons. The molecule has 6 nitrogen and oxygen atoms in total. The number of carboxylic acid groups (broad SMARTS) is 1. The number of rotatable bonds is 6. The number of hydrogen-bond donors (Lipinski definition) is 3. The van der Waals surface area contributed by atoms with Crippen LogP contribution in [0.15, 0.2) is 0 Å². The molecule has 6 heteroatoms. The van der Waals surface area contributed by atoms with E-state index in [0.717, 1.165) is 0 Å². The third-order valence-electron chi connectivity index (χ3n) is 1.28. The predicted molar refractivity (Wildman–Crippen MR) is 43.1 cm³/mol. The van der Waals surface area contributed by atoms with Gasteiger partial charge in [0.1, 0.15) is 6.04 Å². The molecule has 0 aromatic rings. The van der Waals surface area contributed by atoms with Crippen molar-refractivity contribution < 1.29 is 24.5 Å². The monoisotopic (exact) mass is 191 g/mol. The van der Waals surface area contributed by atoms with E-state index in [-0.39, 0.29) is 13.2 Å². The highest BCUT2D eigenvalue weighted by atomic mass is 16.5. The van der Waals surface area contributed by atoms with Crippen LogP contribution in [0.2, 0.25) is 0 Å². The Kier molecular flexibility index (Phi) is 5.82. The fourth-order valence-electron chi connectivity index (χ4n) is 0.649. The summed E-state index contributed by atoms with van der Waals surface area (Å²) < 4.78 is 4.54. The molecule has 0 aliphatic rings. The van der Waals surface area contributed by atoms with Gasteiger partial charge in [0.15, 0.2) is 0 Å². The van der Waals surface area contributed by atoms with Crippen LogP contribution in [0, 0.1) is 0 Å². The molecule has 1 unspecified atom stereocenters. The maximum Gasteiger partial charge on any atom is 0.323 e. The fourth-order valence-corrected chi connectivity index (χ4v) is 0.649. The number of nitrogens with one attached hydrogen (secondary N) is 1. The first kappa shape index (κ1) is 11.9. The van der Waals surface area contributed by atoms with Crippen molar-refractivity contribution in [3.63, 3.8) is 0 Å². The van der Waals surface area contributed by atoms with Crippen LogP contribution in [0.25, 0.3) is 0 Å². The predicted octanol–water partition coefficient (Wildman–Crippen LogP) is -1.42. The van der Waals surface area contributed by atoms with Crippen LogP contribution in [0.1, 0.15) is 6.92 Å². The molecule has 0 aromatic heterocycles. The van der Waals surface area contributed by atoms with Crippen molar-refractivity contribution in [2.75, 3.05) is 19.8 Å². The Hall–Kier alpha value is -1.14. The van der Waals surface area contributed by atoms with E-state index in [4.69, 9.17) is 10.2 Å². The summed E-state index contributed by atoms with van der Waals surface area (Å²) in [5.74, 6) is -1.74. The topological polar surface area (TPSA) is 95.9 Å². The van der Waals surface area contributed by atoms with Gasteiger partial charge in [-0.3, -0.25) is 14.9 Å². The zero-order valence-electron chi connectivity index (χ0n) is 7.32. The number of aliphatic hydroxyl groups excluding tert-OH is 1. The molecule has 3 N–H and O–H groups in total. The molecular formula is C7H13NO5. The summed E-state index contributed by atoms with van der Waals surface area (Å²) >= 11 is 0. The Morgan fingerprint density at radius 1 is 1.54 bits per heavy atom. The number of esters is 1. The van der Waals surface area contributed by atoms with Gasteiger partial charge in [-0.05, 0) is 6.92 Å². The molecule has 0 aliphatic carbocycles. The molecule has 0 saturated heterocycles. The number of carbonyl (C=O) groups excluding carboxylic acids is 1. The van der Waals surface area contributed by atoms with Crippen molar-refractivity contribution in [3.05, 3.63) is 0 Å². The minimum atomic E-state index is -1.20. The highest BCUT2D eigenvalue weighted by Gasteiger charge is 2.16. The highest BCUT2D eigenvalue weighted by Crippen LogP contribution is 1.83. The van der Waals surface area contributed by atoms with Gasteiger partial charge in [-0.15, -0.1) is 0 Å². The van der Waals surface area contributed by atoms with Crippen molar-refractivity contribution >= 4 is 11.9 Å². The molecule has 0 rings (SSSR count). The van der Waals surface area contributed by atoms with E-state index in [0.29, 0.717) is 0 Å². The number of carboxylic acids is 1. The minimum Gasteiger partial charge on any atom is -0.480 e. The number of hydrogen-bond acceptors (Lipinski definition) is 5. The summed E-state index contributed by atoms with van der Waals surface area (Å²) in [4.78, 5) is 21.1. The van der Waals surface area contributed by atoms with Crippen LogP contribution in [0.5, 0.6) is 0 Å². The first-order chi connectivity index (χ1) is 6.11. The van der Waals surface area contributed by atoms with Gasteiger partial charge >= 0.3 is 11.9 Å². The second kappa shape index (κ2) is 6.38. The van der Waals surface area contributed by atoms with Gasteiger partial charge in [0.2, 0.25) is 0 Å². The SMILES string of the molecule is CCOC(=O)CNC(CO)C(=O)O. The molecule has 0 aromatic carbocycles. The average molecular weight is 191 g/mol. The Morgan fingerprint density at radius 3 is 2.54 bits per heavy atom. The van der Waals surface area contributed by atoms with E-state index in [9.17, 15) is 9.59 Å². The van der Waals surface area contributed by atoms with Gasteiger partial charge in [-0.2, -0.15) is 0 Å². The van der Waals surface area contributed by atoms with Crippen molar-refractivity contribution in [2.45, 2.75) is 13.0 Å². The largest absolute Gasteiger partial charge is 0.480 e. The molecular weight excluding hydrogens is 178 g/mol. The lowest BCUT2D eigenvalue weighted by Gasteiger charge is -2.10. The third-order valence-corrected chi connectivity index (χ3v) is 1.28. The number of ether oxygens (including phenoxy) is 1. The smallest absolute Gasteiger partial charge is 0.323 e. The molecule has 0 amide bonds. The van der Waals surface area contributed by atoms with Gasteiger partial charge in [-0.1, -0.05) is 0 Å². The third kappa shape index (κ3) is 5.15. The van der Waals surface area contributed by atoms with Crippen molar-refractivity contribution in [1.82, 2.24) is 5.32 Å². The Morgan fingerprint density at radius 2 is 2.15 bits per heavy atom. The van der Waals surface area contributed by atoms with Crippen LogP contribution in [-0.2, 0) is 14.3 Å². The first-order valence-electron chi connectivity index (χ1n) is 3.84. The van der Waals surface area contributed by atoms with Crippen molar-refractivity contribution in [1.29, 1.82) is 0 Å². The second-order valence-electron chi connectivity index (χ2n) is 2.26. The molecule has 0 spiro atoms. The summed E-state index contributed by atoms with van der Waals surface area (Å²) in [6.07, 6.45) is 0. The molecule has 0 aliphatic heterocycles. The molecule has 76 valence electrons. The van der Waals surface area contributed by atoms with E-state index in [1.165, 1.54) is 0 Å². The van der Waals surface area contributed by atoms with E-state index >= 15 is 0 Å². The quantitative estimate of drug-likeness (QED) is 0.446. The molecule has 1 atom stereocenters. The Bertz CT molecular complexity index is 182. The van der Waals surface area contributed by atoms with Crippen LogP contribution >= 0.6 is 0 Å². The van der Waals surface area contributed by atoms with Gasteiger partial charge in [0, 0.05) is 0 Å². The summed E-state index contributed by atoms with van der Waals surface area (Å²) in [6.45, 7) is 1.12. The fraction of sp³-hybridized carbons (Fsp3) is 0.714. The maximum atomic E-state index is 10.7. The van der Waals surface area contributed by atoms with E-state index < -0.39 is 24.6 Å². The highest BCUT2D eigenvalue weighted by molar-refractivity contribution is 5.76. The summed E-state index contributed by atoms with van der Waals surface area (Å²) in [6, 6.07) is -1.12. The van der Waals surface area contributed by atoms with Crippen molar-refractivity contribution in [3.8, 4) is 0 Å². The number of carbonyl (C=O) groups is 2. The lowest BCUT2D eigenvalue weighted by molar-refractivity contribution is -0.143. The second-order valence-corrected chi connectivity index (χ2v) is 2.26. The Labute approximate surface area is 75.5 Å². The first-order valence-corrected chi connectivity index (χ1v) is 3.84. The zero-order valence-corrected chi connectivity index (χ0v) is 7.32. The minimum absolute atomic E-state index is 0.217. The standard InChI is InChI=1S/C7H13NO5/c1-2-13-6(10)3-8-5(4-9)7(11)12/h5,8-9H,2-4H2,1H3,(H,11,12). The lowest BCUT2D eigenvalue weighted by atomic mass is 10.3. The molecule has 0 bridgehead atoms. The van der Waals surface area contributed by atoms with Crippen LogP contribution in [0.3, 0.4) is 0 Å². The van der Waals surface area contributed by atoms with Crippen molar-refractivity contribution in [2.24, 2.45) is 0 Å². The molecule has 0 saturated carbocycles. The van der Waals surface area contributed by atoms with Crippen LogP contribution in [-0.4, -0.2) is 48.0 Å². The molecule has 0 heterocycles. The van der Waals surface area contributed by atoms with Gasteiger partial charge in [0.25, 0.3) is 0 Å². The van der Waals surface area contributed by atoms with Gasteiger partial charge < -0.3 is 14.9 Å². The normalized spacial score (nSPS) is 12.2. The number of aliphatic hydroxyl groups is 1. The number of aliphatic carboxylic acids is 1. The molecule has 0 fully saturated rings. The van der Waals surface area contributed by atoms with E-state index in [1.54, 1.807) is 6.92 Å². The Balaban J connectivity index is 3.72.